The van der Waals surface area contributed by atoms with Gasteiger partial charge in [-0.2, -0.15) is 0 Å². The molecule has 0 aliphatic rings. The molecule has 2 nitrogen and oxygen atoms in total. The Labute approximate surface area is 110 Å². The van der Waals surface area contributed by atoms with Gasteiger partial charge in [-0.05, 0) is 25.1 Å². The first-order valence-electron chi connectivity index (χ1n) is 5.56. The molecule has 0 saturated heterocycles. The van der Waals surface area contributed by atoms with Crippen molar-refractivity contribution in [2.75, 3.05) is 12.8 Å². The van der Waals surface area contributed by atoms with E-state index in [0.29, 0.717) is 6.04 Å². The highest BCUT2D eigenvalue weighted by Gasteiger charge is 2.12. The molecule has 2 rings (SSSR count). The summed E-state index contributed by atoms with van der Waals surface area (Å²) in [7, 11) is 2.01. The summed E-state index contributed by atoms with van der Waals surface area (Å²) in [6, 6.07) is 8.91. The second-order valence-electron chi connectivity index (χ2n) is 3.81. The third kappa shape index (κ3) is 3.31. The number of hydrogen-bond donors (Lipinski definition) is 1. The monoisotopic (exact) mass is 264 g/mol. The van der Waals surface area contributed by atoms with E-state index in [2.05, 4.69) is 41.5 Å². The Kier molecular flexibility index (Phi) is 4.59. The van der Waals surface area contributed by atoms with Crippen molar-refractivity contribution in [1.29, 1.82) is 0 Å². The van der Waals surface area contributed by atoms with Gasteiger partial charge >= 0.3 is 0 Å². The Morgan fingerprint density at radius 3 is 2.88 bits per heavy atom. The van der Waals surface area contributed by atoms with Crippen molar-refractivity contribution < 1.29 is 0 Å². The average molecular weight is 264 g/mol. The molecule has 0 aliphatic carbocycles. The van der Waals surface area contributed by atoms with E-state index in [4.69, 9.17) is 0 Å². The fourth-order valence-electron chi connectivity index (χ4n) is 1.74. The summed E-state index contributed by atoms with van der Waals surface area (Å²) in [5.74, 6) is 1.01. The number of hydrogen-bond acceptors (Lipinski definition) is 4. The molecule has 1 heterocycles. The molecule has 1 aromatic carbocycles. The van der Waals surface area contributed by atoms with Gasteiger partial charge in [-0.25, -0.2) is 4.98 Å². The van der Waals surface area contributed by atoms with Crippen LogP contribution in [0.25, 0.3) is 0 Å². The van der Waals surface area contributed by atoms with E-state index in [0.717, 1.165) is 10.1 Å². The summed E-state index contributed by atoms with van der Waals surface area (Å²) in [5.41, 5.74) is 2.71. The van der Waals surface area contributed by atoms with Crippen LogP contribution in [0.5, 0.6) is 0 Å². The molecular weight excluding hydrogens is 248 g/mol. The van der Waals surface area contributed by atoms with Crippen molar-refractivity contribution in [2.24, 2.45) is 0 Å². The van der Waals surface area contributed by atoms with Gasteiger partial charge in [0.2, 0.25) is 0 Å². The van der Waals surface area contributed by atoms with Crippen molar-refractivity contribution >= 4 is 23.1 Å². The zero-order chi connectivity index (χ0) is 12.1. The average Bonchev–Trinajstić information content (AvgIpc) is 2.85. The number of nitrogens with one attached hydrogen (secondary N) is 1. The summed E-state index contributed by atoms with van der Waals surface area (Å²) in [5, 5.41) is 5.40. The lowest BCUT2D eigenvalue weighted by Crippen LogP contribution is -2.19. The van der Waals surface area contributed by atoms with Crippen LogP contribution >= 0.6 is 23.1 Å². The summed E-state index contributed by atoms with van der Waals surface area (Å²) < 4.78 is 1.14. The van der Waals surface area contributed by atoms with Gasteiger partial charge in [0.05, 0.1) is 0 Å². The predicted octanol–water partition coefficient (Wildman–Crippen LogP) is 3.50. The van der Waals surface area contributed by atoms with E-state index in [-0.39, 0.29) is 0 Å². The SMILES string of the molecule is CNC(CSc1nccs1)c1ccccc1C. The molecule has 0 fully saturated rings. The van der Waals surface area contributed by atoms with Crippen LogP contribution in [0.1, 0.15) is 17.2 Å². The van der Waals surface area contributed by atoms with Crippen LogP contribution in [0.15, 0.2) is 40.2 Å². The Bertz CT molecular complexity index is 454. The minimum Gasteiger partial charge on any atom is -0.312 e. The number of thiazole rings is 1. The van der Waals surface area contributed by atoms with Crippen LogP contribution in [-0.2, 0) is 0 Å². The van der Waals surface area contributed by atoms with Gasteiger partial charge in [-0.3, -0.25) is 0 Å². The van der Waals surface area contributed by atoms with Crippen LogP contribution in [0.3, 0.4) is 0 Å². The molecule has 4 heteroatoms. The van der Waals surface area contributed by atoms with Crippen molar-refractivity contribution in [3.63, 3.8) is 0 Å². The number of nitrogens with zero attached hydrogens (tertiary/aromatic N) is 1. The van der Waals surface area contributed by atoms with Gasteiger partial charge in [-0.15, -0.1) is 11.3 Å². The molecule has 1 atom stereocenters. The van der Waals surface area contributed by atoms with Crippen molar-refractivity contribution in [1.82, 2.24) is 10.3 Å². The maximum Gasteiger partial charge on any atom is 0.149 e. The largest absolute Gasteiger partial charge is 0.312 e. The third-order valence-electron chi connectivity index (χ3n) is 2.70. The highest BCUT2D eigenvalue weighted by Crippen LogP contribution is 2.27. The first-order valence-corrected chi connectivity index (χ1v) is 7.43. The third-order valence-corrected chi connectivity index (χ3v) is 4.75. The molecule has 1 unspecified atom stereocenters. The topological polar surface area (TPSA) is 24.9 Å². The minimum atomic E-state index is 0.380. The second kappa shape index (κ2) is 6.19. The molecule has 1 N–H and O–H groups in total. The van der Waals surface area contributed by atoms with Crippen molar-refractivity contribution in [3.8, 4) is 0 Å². The smallest absolute Gasteiger partial charge is 0.149 e. The first kappa shape index (κ1) is 12.6. The minimum absolute atomic E-state index is 0.380. The van der Waals surface area contributed by atoms with E-state index in [1.165, 1.54) is 11.1 Å². The number of benzene rings is 1. The van der Waals surface area contributed by atoms with Crippen LogP contribution in [-0.4, -0.2) is 17.8 Å². The molecule has 0 radical (unpaired) electrons. The molecular formula is C13H16N2S2. The van der Waals surface area contributed by atoms with E-state index in [9.17, 15) is 0 Å². The number of rotatable bonds is 5. The molecule has 0 saturated carbocycles. The molecule has 17 heavy (non-hydrogen) atoms. The highest BCUT2D eigenvalue weighted by atomic mass is 32.2. The van der Waals surface area contributed by atoms with Gasteiger partial charge in [0.1, 0.15) is 4.34 Å². The van der Waals surface area contributed by atoms with Gasteiger partial charge in [0.25, 0.3) is 0 Å². The van der Waals surface area contributed by atoms with Gasteiger partial charge < -0.3 is 5.32 Å². The Morgan fingerprint density at radius 2 is 2.24 bits per heavy atom. The van der Waals surface area contributed by atoms with Gasteiger partial charge in [-0.1, -0.05) is 36.0 Å². The van der Waals surface area contributed by atoms with Gasteiger partial charge in [0, 0.05) is 23.4 Å². The lowest BCUT2D eigenvalue weighted by molar-refractivity contribution is 0.658. The normalized spacial score (nSPS) is 12.6. The molecule has 1 aromatic heterocycles. The highest BCUT2D eigenvalue weighted by molar-refractivity contribution is 8.01. The standard InChI is InChI=1S/C13H16N2S2/c1-10-5-3-4-6-11(10)12(14-2)9-17-13-15-7-8-16-13/h3-8,12,14H,9H2,1-2H3. The maximum absolute atomic E-state index is 4.29. The van der Waals surface area contributed by atoms with Crippen molar-refractivity contribution in [2.45, 2.75) is 17.3 Å². The van der Waals surface area contributed by atoms with Crippen LogP contribution in [0, 0.1) is 6.92 Å². The van der Waals surface area contributed by atoms with E-state index in [1.54, 1.807) is 11.3 Å². The zero-order valence-corrected chi connectivity index (χ0v) is 11.6. The Morgan fingerprint density at radius 1 is 1.41 bits per heavy atom. The molecule has 0 spiro atoms. The summed E-state index contributed by atoms with van der Waals surface area (Å²) in [6.07, 6.45) is 1.86. The molecule has 90 valence electrons. The van der Waals surface area contributed by atoms with Crippen molar-refractivity contribution in [3.05, 3.63) is 47.0 Å². The number of aromatic nitrogens is 1. The van der Waals surface area contributed by atoms with Crippen LogP contribution in [0.4, 0.5) is 0 Å². The summed E-state index contributed by atoms with van der Waals surface area (Å²) in [4.78, 5) is 4.29. The van der Waals surface area contributed by atoms with E-state index < -0.39 is 0 Å². The maximum atomic E-state index is 4.29. The lowest BCUT2D eigenvalue weighted by Gasteiger charge is -2.17. The van der Waals surface area contributed by atoms with E-state index >= 15 is 0 Å². The van der Waals surface area contributed by atoms with Gasteiger partial charge in [0.15, 0.2) is 0 Å². The number of aryl methyl sites for hydroxylation is 1. The Hall–Kier alpha value is -0.840. The summed E-state index contributed by atoms with van der Waals surface area (Å²) >= 11 is 3.51. The Balaban J connectivity index is 2.04. The first-order chi connectivity index (χ1) is 8.31. The molecule has 0 amide bonds. The quantitative estimate of drug-likeness (QED) is 0.837. The predicted molar refractivity (Wildman–Crippen MR) is 75.8 cm³/mol. The molecule has 0 aliphatic heterocycles. The van der Waals surface area contributed by atoms with Crippen LogP contribution in [0.2, 0.25) is 0 Å². The summed E-state index contributed by atoms with van der Waals surface area (Å²) in [6.45, 7) is 2.16. The molecule has 2 aromatic rings. The van der Waals surface area contributed by atoms with E-state index in [1.807, 2.05) is 30.4 Å². The fourth-order valence-corrected chi connectivity index (χ4v) is 3.54. The number of thioether (sulfide) groups is 1. The zero-order valence-electron chi connectivity index (χ0n) is 10.0. The fraction of sp³-hybridized carbons (Fsp3) is 0.308. The molecule has 0 bridgehead atoms. The second-order valence-corrected chi connectivity index (χ2v) is 5.97. The lowest BCUT2D eigenvalue weighted by atomic mass is 10.0. The van der Waals surface area contributed by atoms with Crippen LogP contribution < -0.4 is 5.32 Å².